The second-order valence-electron chi connectivity index (χ2n) is 2.97. The van der Waals surface area contributed by atoms with Crippen LogP contribution in [0.4, 0.5) is 19.0 Å². The van der Waals surface area contributed by atoms with Crippen molar-refractivity contribution in [2.24, 2.45) is 0 Å². The van der Waals surface area contributed by atoms with Gasteiger partial charge < -0.3 is 0 Å². The first-order chi connectivity index (χ1) is 6.73. The van der Waals surface area contributed by atoms with E-state index in [-0.39, 0.29) is 5.82 Å². The third kappa shape index (κ3) is 2.47. The molecular formula is C8H9F3N2OS. The number of hydrogen-bond acceptors (Lipinski definition) is 3. The molecule has 0 aliphatic heterocycles. The van der Waals surface area contributed by atoms with Crippen LogP contribution in [0.3, 0.4) is 0 Å². The van der Waals surface area contributed by atoms with Gasteiger partial charge in [0.05, 0.1) is 5.01 Å². The summed E-state index contributed by atoms with van der Waals surface area (Å²) in [6.45, 7) is 3.30. The largest absolute Gasteiger partial charge is 0.471 e. The molecule has 84 valence electrons. The number of rotatable bonds is 1. The van der Waals surface area contributed by atoms with E-state index in [4.69, 9.17) is 0 Å². The SMILES string of the molecule is Cc1nc(N(C)C(=O)C(F)(F)F)c(C)s1. The zero-order valence-corrected chi connectivity index (χ0v) is 9.16. The monoisotopic (exact) mass is 238 g/mol. The van der Waals surface area contributed by atoms with E-state index in [2.05, 4.69) is 4.98 Å². The number of aromatic nitrogens is 1. The number of halogens is 3. The zero-order valence-electron chi connectivity index (χ0n) is 8.34. The first kappa shape index (κ1) is 12.0. The summed E-state index contributed by atoms with van der Waals surface area (Å²) in [5, 5.41) is 0.629. The predicted molar refractivity (Wildman–Crippen MR) is 51.1 cm³/mol. The van der Waals surface area contributed by atoms with Crippen molar-refractivity contribution < 1.29 is 18.0 Å². The molecule has 0 atom stereocenters. The van der Waals surface area contributed by atoms with Gasteiger partial charge in [-0.2, -0.15) is 13.2 Å². The normalized spacial score (nSPS) is 11.6. The van der Waals surface area contributed by atoms with Gasteiger partial charge in [-0.05, 0) is 13.8 Å². The van der Waals surface area contributed by atoms with Gasteiger partial charge >= 0.3 is 12.1 Å². The highest BCUT2D eigenvalue weighted by molar-refractivity contribution is 7.12. The van der Waals surface area contributed by atoms with Crippen LogP contribution < -0.4 is 4.90 Å². The molecule has 1 rings (SSSR count). The number of carbonyl (C=O) groups excluding carboxylic acids is 1. The molecule has 0 saturated heterocycles. The van der Waals surface area contributed by atoms with Gasteiger partial charge in [-0.3, -0.25) is 9.69 Å². The van der Waals surface area contributed by atoms with E-state index in [1.54, 1.807) is 13.8 Å². The summed E-state index contributed by atoms with van der Waals surface area (Å²) in [7, 11) is 1.07. The second kappa shape index (κ2) is 3.80. The van der Waals surface area contributed by atoms with Crippen molar-refractivity contribution in [2.45, 2.75) is 20.0 Å². The van der Waals surface area contributed by atoms with Gasteiger partial charge in [-0.15, -0.1) is 11.3 Å². The van der Waals surface area contributed by atoms with Crippen LogP contribution in [-0.2, 0) is 4.79 Å². The summed E-state index contributed by atoms with van der Waals surface area (Å²) >= 11 is 1.25. The summed E-state index contributed by atoms with van der Waals surface area (Å²) in [6.07, 6.45) is -4.86. The van der Waals surface area contributed by atoms with E-state index in [0.29, 0.717) is 14.8 Å². The molecule has 0 aromatic carbocycles. The maximum absolute atomic E-state index is 12.1. The van der Waals surface area contributed by atoms with Crippen molar-refractivity contribution in [2.75, 3.05) is 11.9 Å². The van der Waals surface area contributed by atoms with Gasteiger partial charge in [-0.1, -0.05) is 0 Å². The smallest absolute Gasteiger partial charge is 0.291 e. The average molecular weight is 238 g/mol. The van der Waals surface area contributed by atoms with E-state index in [1.165, 1.54) is 11.3 Å². The van der Waals surface area contributed by atoms with E-state index >= 15 is 0 Å². The Hall–Kier alpha value is -1.11. The quantitative estimate of drug-likeness (QED) is 0.752. The highest BCUT2D eigenvalue weighted by atomic mass is 32.1. The number of nitrogens with zero attached hydrogens (tertiary/aromatic N) is 2. The summed E-state index contributed by atoms with van der Waals surface area (Å²) in [6, 6.07) is 0. The predicted octanol–water partition coefficient (Wildman–Crippen LogP) is 2.29. The molecule has 0 N–H and O–H groups in total. The van der Waals surface area contributed by atoms with Gasteiger partial charge in [0.1, 0.15) is 5.82 Å². The molecule has 1 aromatic heterocycles. The van der Waals surface area contributed by atoms with Crippen LogP contribution in [0.5, 0.6) is 0 Å². The van der Waals surface area contributed by atoms with E-state index in [9.17, 15) is 18.0 Å². The lowest BCUT2D eigenvalue weighted by Gasteiger charge is -2.16. The van der Waals surface area contributed by atoms with Gasteiger partial charge in [0.15, 0.2) is 0 Å². The topological polar surface area (TPSA) is 33.2 Å². The standard InChI is InChI=1S/C8H9F3N2OS/c1-4-6(12-5(2)15-4)13(3)7(14)8(9,10)11/h1-3H3. The highest BCUT2D eigenvalue weighted by Gasteiger charge is 2.42. The number of anilines is 1. The summed E-state index contributed by atoms with van der Waals surface area (Å²) in [5.74, 6) is -1.84. The summed E-state index contributed by atoms with van der Waals surface area (Å²) in [4.78, 5) is 15.9. The first-order valence-corrected chi connectivity index (χ1v) is 4.84. The lowest BCUT2D eigenvalue weighted by atomic mass is 10.4. The molecule has 15 heavy (non-hydrogen) atoms. The lowest BCUT2D eigenvalue weighted by molar-refractivity contribution is -0.170. The van der Waals surface area contributed by atoms with Crippen molar-refractivity contribution >= 4 is 23.1 Å². The van der Waals surface area contributed by atoms with E-state index in [0.717, 1.165) is 7.05 Å². The third-order valence-electron chi connectivity index (χ3n) is 1.74. The number of carbonyl (C=O) groups is 1. The van der Waals surface area contributed by atoms with Crippen LogP contribution in [-0.4, -0.2) is 24.1 Å². The molecule has 1 heterocycles. The Labute approximate surface area is 88.5 Å². The molecule has 0 aliphatic carbocycles. The van der Waals surface area contributed by atoms with Crippen molar-refractivity contribution in [3.05, 3.63) is 9.88 Å². The van der Waals surface area contributed by atoms with Crippen molar-refractivity contribution in [1.82, 2.24) is 4.98 Å². The van der Waals surface area contributed by atoms with Gasteiger partial charge in [-0.25, -0.2) is 4.98 Å². The summed E-state index contributed by atoms with van der Waals surface area (Å²) in [5.41, 5.74) is 0. The fourth-order valence-electron chi connectivity index (χ4n) is 1.12. The Bertz CT molecular complexity index is 386. The maximum Gasteiger partial charge on any atom is 0.471 e. The third-order valence-corrected chi connectivity index (χ3v) is 2.62. The highest BCUT2D eigenvalue weighted by Crippen LogP contribution is 2.27. The molecule has 3 nitrogen and oxygen atoms in total. The van der Waals surface area contributed by atoms with Gasteiger partial charge in [0, 0.05) is 11.9 Å². The number of alkyl halides is 3. The minimum absolute atomic E-state index is 0.0693. The fraction of sp³-hybridized carbons (Fsp3) is 0.500. The van der Waals surface area contributed by atoms with Crippen LogP contribution in [0, 0.1) is 13.8 Å². The van der Waals surface area contributed by atoms with Crippen molar-refractivity contribution in [3.63, 3.8) is 0 Å². The van der Waals surface area contributed by atoms with Crippen LogP contribution >= 0.6 is 11.3 Å². The molecule has 0 unspecified atom stereocenters. The molecular weight excluding hydrogens is 229 g/mol. The van der Waals surface area contributed by atoms with Crippen molar-refractivity contribution in [1.29, 1.82) is 0 Å². The molecule has 0 spiro atoms. The molecule has 7 heteroatoms. The van der Waals surface area contributed by atoms with Crippen LogP contribution in [0.15, 0.2) is 0 Å². The second-order valence-corrected chi connectivity index (χ2v) is 4.38. The molecule has 0 fully saturated rings. The Morgan fingerprint density at radius 1 is 1.40 bits per heavy atom. The molecule has 0 radical (unpaired) electrons. The first-order valence-electron chi connectivity index (χ1n) is 4.02. The van der Waals surface area contributed by atoms with E-state index in [1.807, 2.05) is 0 Å². The van der Waals surface area contributed by atoms with E-state index < -0.39 is 12.1 Å². The lowest BCUT2D eigenvalue weighted by Crippen LogP contribution is -2.39. The number of thiazole rings is 1. The number of hydrogen-bond donors (Lipinski definition) is 0. The Balaban J connectivity index is 3.00. The minimum Gasteiger partial charge on any atom is -0.291 e. The van der Waals surface area contributed by atoms with Gasteiger partial charge in [0.2, 0.25) is 0 Å². The zero-order chi connectivity index (χ0) is 11.8. The molecule has 1 aromatic rings. The van der Waals surface area contributed by atoms with Crippen molar-refractivity contribution in [3.8, 4) is 0 Å². The Kier molecular flexibility index (Phi) is 3.03. The number of amides is 1. The molecule has 0 aliphatic rings. The Morgan fingerprint density at radius 3 is 2.27 bits per heavy atom. The van der Waals surface area contributed by atoms with Crippen LogP contribution in [0.25, 0.3) is 0 Å². The molecule has 1 amide bonds. The van der Waals surface area contributed by atoms with Crippen LogP contribution in [0.2, 0.25) is 0 Å². The molecule has 0 bridgehead atoms. The fourth-order valence-corrected chi connectivity index (χ4v) is 1.96. The minimum atomic E-state index is -4.86. The van der Waals surface area contributed by atoms with Gasteiger partial charge in [0.25, 0.3) is 0 Å². The maximum atomic E-state index is 12.1. The average Bonchev–Trinajstić information content (AvgIpc) is 2.41. The van der Waals surface area contributed by atoms with Crippen LogP contribution in [0.1, 0.15) is 9.88 Å². The number of aryl methyl sites for hydroxylation is 2. The Morgan fingerprint density at radius 2 is 1.93 bits per heavy atom. The summed E-state index contributed by atoms with van der Waals surface area (Å²) < 4.78 is 36.3. The molecule has 0 saturated carbocycles.